The maximum atomic E-state index is 14.6. The van der Waals surface area contributed by atoms with E-state index in [2.05, 4.69) is 48.1 Å². The minimum atomic E-state index is -1.94. The Morgan fingerprint density at radius 2 is 0.848 bits per heavy atom. The largest absolute Gasteiger partial charge is 0.507 e. The molecule has 0 spiro atoms. The van der Waals surface area contributed by atoms with E-state index in [1.807, 2.05) is 37.5 Å². The number of fused-ring (bicyclic) bond motifs is 28. The Balaban J connectivity index is 0.000000257. The molecular weight excluding hydrogens is 1440 g/mol. The second kappa shape index (κ2) is 35.2. The van der Waals surface area contributed by atoms with Crippen LogP contribution in [-0.4, -0.2) is 214 Å². The molecule has 19 atom stereocenters. The number of allylic oxidation sites excluding steroid dienone is 7. The van der Waals surface area contributed by atoms with Crippen LogP contribution >= 0.6 is 0 Å². The third-order valence-electron chi connectivity index (χ3n) is 24.5. The van der Waals surface area contributed by atoms with Gasteiger partial charge in [0.05, 0.1) is 76.9 Å². The summed E-state index contributed by atoms with van der Waals surface area (Å²) < 4.78 is 24.3. The quantitative estimate of drug-likeness (QED) is 0.0806. The average molecular weight is 1560 g/mol. The van der Waals surface area contributed by atoms with Crippen LogP contribution in [0.5, 0.6) is 34.5 Å². The molecule has 10 bridgehead atoms. The molecule has 0 radical (unpaired) electrons. The van der Waals surface area contributed by atoms with Crippen LogP contribution in [0.15, 0.2) is 83.7 Å². The molecule has 13 N–H and O–H groups in total. The van der Waals surface area contributed by atoms with E-state index >= 15 is 0 Å². The molecule has 26 nitrogen and oxygen atoms in total. The van der Waals surface area contributed by atoms with Gasteiger partial charge in [-0.2, -0.15) is 0 Å². The number of carbonyl (C=O) groups is 5. The Bertz CT molecular complexity index is 4280. The maximum absolute atomic E-state index is 14.6. The SMILES string of the molecule is C/C1=C/C=C/[C@H](C)[C@H](O)[C@@H](C)[C@@H](O)[C@@H](C)[C@H](O)[C@H](C)[C@@H](C)/C=C/O[C@@]2(C)Oc3c(C)c(O)c4c(O)c(c(N5CCN(CC(C)C)CC5)c(O)c4c3C2=O)NC1=O.C/C1=C/C=C/[C@H](C)[C@H](O)[C@@H](C)[C@@H](O)[C@@H](C)[C@H](O)[C@H](C)[C@@H](C)/C=C/O[C@@]2(C)Oc3c(C)c(O)c4c(c3C2=O)C(O)C(N2CCN(CC(C)C)CC2)=C(NC1=O)C4=O. The number of aliphatic hydroxyl groups excluding tert-OH is 7. The summed E-state index contributed by atoms with van der Waals surface area (Å²) >= 11 is 0. The number of nitrogens with zero attached hydrogens (tertiary/aromatic N) is 4. The minimum Gasteiger partial charge on any atom is -0.507 e. The first kappa shape index (κ1) is 87.7. The lowest BCUT2D eigenvalue weighted by Crippen LogP contribution is -2.50. The fourth-order valence-electron chi connectivity index (χ4n) is 16.5. The molecule has 0 aromatic heterocycles. The summed E-state index contributed by atoms with van der Waals surface area (Å²) in [5, 5.41) is 132. The molecular formula is C86H122N6O20. The maximum Gasteiger partial charge on any atom is 0.312 e. The number of rotatable bonds is 6. The number of hydrogen-bond donors (Lipinski definition) is 13. The predicted octanol–water partition coefficient (Wildman–Crippen LogP) is 9.72. The Morgan fingerprint density at radius 3 is 1.29 bits per heavy atom. The highest BCUT2D eigenvalue weighted by Crippen LogP contribution is 2.59. The molecule has 26 heteroatoms. The molecule has 2 amide bonds. The molecule has 2 fully saturated rings. The number of aliphatic hydroxyl groups is 7. The smallest absolute Gasteiger partial charge is 0.312 e. The number of aromatic hydroxyl groups is 4. The number of ether oxygens (including phenoxy) is 4. The van der Waals surface area contributed by atoms with Gasteiger partial charge in [-0.3, -0.25) is 33.8 Å². The van der Waals surface area contributed by atoms with Crippen molar-refractivity contribution >= 4 is 51.3 Å². The van der Waals surface area contributed by atoms with Crippen molar-refractivity contribution in [3.05, 3.63) is 117 Å². The van der Waals surface area contributed by atoms with Gasteiger partial charge in [-0.15, -0.1) is 0 Å². The lowest BCUT2D eigenvalue weighted by Gasteiger charge is -2.41. The first-order valence-corrected chi connectivity index (χ1v) is 39.6. The number of anilines is 2. The lowest BCUT2D eigenvalue weighted by molar-refractivity contribution is -0.117. The highest BCUT2D eigenvalue weighted by molar-refractivity contribution is 6.24. The van der Waals surface area contributed by atoms with Crippen LogP contribution in [0, 0.1) is 84.9 Å². The first-order chi connectivity index (χ1) is 52.4. The molecule has 0 saturated carbocycles. The van der Waals surface area contributed by atoms with E-state index in [4.69, 9.17) is 18.9 Å². The summed E-state index contributed by atoms with van der Waals surface area (Å²) in [5.41, 5.74) is -0.0503. The van der Waals surface area contributed by atoms with Gasteiger partial charge >= 0.3 is 11.6 Å². The Morgan fingerprint density at radius 1 is 0.455 bits per heavy atom. The van der Waals surface area contributed by atoms with Crippen LogP contribution in [0.25, 0.3) is 10.8 Å². The van der Waals surface area contributed by atoms with E-state index in [1.165, 1.54) is 46.3 Å². The molecule has 12 rings (SSSR count). The number of phenols is 4. The van der Waals surface area contributed by atoms with Crippen molar-refractivity contribution in [2.45, 2.75) is 193 Å². The molecule has 2 saturated heterocycles. The lowest BCUT2D eigenvalue weighted by atomic mass is 9.77. The predicted molar refractivity (Wildman–Crippen MR) is 427 cm³/mol. The third kappa shape index (κ3) is 17.4. The van der Waals surface area contributed by atoms with E-state index in [0.717, 1.165) is 13.1 Å². The van der Waals surface area contributed by atoms with Gasteiger partial charge in [0.15, 0.2) is 5.75 Å². The summed E-state index contributed by atoms with van der Waals surface area (Å²) in [6, 6.07) is 0. The van der Waals surface area contributed by atoms with E-state index in [0.29, 0.717) is 64.2 Å². The topological polar surface area (TPSA) is 382 Å². The number of benzene rings is 3. The second-order valence-electron chi connectivity index (χ2n) is 33.7. The number of phenolic OH excluding ortho intramolecular Hbond substituents is 4. The van der Waals surface area contributed by atoms with Crippen molar-refractivity contribution < 1.29 is 99.1 Å². The monoisotopic (exact) mass is 1560 g/mol. The van der Waals surface area contributed by atoms with Crippen LogP contribution < -0.4 is 25.0 Å². The van der Waals surface area contributed by atoms with E-state index in [-0.39, 0.29) is 113 Å². The number of nitrogens with one attached hydrogen (secondary N) is 2. The van der Waals surface area contributed by atoms with Gasteiger partial charge in [0, 0.05) is 148 Å². The fourth-order valence-corrected chi connectivity index (χ4v) is 16.5. The summed E-state index contributed by atoms with van der Waals surface area (Å²) in [6.45, 7) is 41.4. The van der Waals surface area contributed by atoms with Crippen LogP contribution in [0.1, 0.15) is 178 Å². The van der Waals surface area contributed by atoms with Crippen molar-refractivity contribution in [3.8, 4) is 34.5 Å². The molecule has 1 aliphatic carbocycles. The van der Waals surface area contributed by atoms with E-state index < -0.39 is 142 Å². The van der Waals surface area contributed by atoms with Crippen molar-refractivity contribution in [2.75, 3.05) is 75.7 Å². The van der Waals surface area contributed by atoms with Gasteiger partial charge in [0.1, 0.15) is 51.9 Å². The van der Waals surface area contributed by atoms with Crippen molar-refractivity contribution in [1.29, 1.82) is 0 Å². The van der Waals surface area contributed by atoms with E-state index in [9.17, 15) is 80.1 Å². The fraction of sp³-hybridized carbons (Fsp3) is 0.593. The van der Waals surface area contributed by atoms with Gasteiger partial charge in [-0.05, 0) is 75.4 Å². The number of hydrogen-bond acceptors (Lipinski definition) is 24. The molecule has 8 aliphatic heterocycles. The van der Waals surface area contributed by atoms with Gasteiger partial charge in [0.25, 0.3) is 23.4 Å². The number of carbonyl (C=O) groups excluding carboxylic acids is 5. The second-order valence-corrected chi connectivity index (χ2v) is 33.7. The molecule has 3 aromatic rings. The van der Waals surface area contributed by atoms with Crippen LogP contribution in [0.2, 0.25) is 0 Å². The zero-order valence-electron chi connectivity index (χ0n) is 68.7. The van der Waals surface area contributed by atoms with Gasteiger partial charge in [-0.1, -0.05) is 133 Å². The zero-order valence-corrected chi connectivity index (χ0v) is 68.7. The van der Waals surface area contributed by atoms with Gasteiger partial charge < -0.3 is 95.6 Å². The molecule has 112 heavy (non-hydrogen) atoms. The Hall–Kier alpha value is -8.31. The molecule has 616 valence electrons. The first-order valence-electron chi connectivity index (χ1n) is 39.6. The van der Waals surface area contributed by atoms with Crippen LogP contribution in [-0.2, 0) is 19.1 Å². The zero-order chi connectivity index (χ0) is 83.1. The summed E-state index contributed by atoms with van der Waals surface area (Å²) in [5.74, 6) is -12.9. The summed E-state index contributed by atoms with van der Waals surface area (Å²) in [7, 11) is 0. The van der Waals surface area contributed by atoms with Crippen LogP contribution in [0.3, 0.4) is 0 Å². The van der Waals surface area contributed by atoms with Gasteiger partial charge in [0.2, 0.25) is 5.78 Å². The molecule has 8 heterocycles. The molecule has 3 aromatic carbocycles. The Kier molecular flexibility index (Phi) is 27.5. The Labute approximate surface area is 658 Å². The number of amides is 2. The molecule has 9 aliphatic rings. The average Bonchev–Trinajstić information content (AvgIpc) is 1.47. The number of ketones is 3. The normalized spacial score (nSPS) is 34.5. The third-order valence-corrected chi connectivity index (χ3v) is 24.5. The highest BCUT2D eigenvalue weighted by Gasteiger charge is 2.54. The number of Topliss-reactive ketones (excluding diaryl/α,β-unsaturated/α-hetero) is 3. The van der Waals surface area contributed by atoms with Crippen LogP contribution in [0.4, 0.5) is 11.4 Å². The standard InChI is InChI=1S/2C43H61N3O10/c2*1-21(2)20-45-15-17-46(18-16-45)33-32-38(51)30-29(39(33)52)31-40(28(9)37(30)50)56-43(10,41(31)53)55-19-14-22(3)25(6)35(48)27(8)36(49)26(7)34(47)23(4)12-11-13-24(5)42(54)44-32/h11-14,19,21-23,25-27,34-36,47-52H,15-18,20H2,1-10H3,(H,44,54);11-14,19,21-23,25-27,34-36,39,47-50,52H,15-18,20H2,1-10H3,(H,44,54)/b2*12-11+,19-14+,24-13-/t22-,23-,25+,26+,27-,34-,35+,36+,43-;22-,23-,25+,26+,27-,34-,35+,36+,39?,43-/m00/s1. The highest BCUT2D eigenvalue weighted by atomic mass is 16.7. The molecule has 1 unspecified atom stereocenters. The van der Waals surface area contributed by atoms with Crippen molar-refractivity contribution in [1.82, 2.24) is 20.0 Å². The summed E-state index contributed by atoms with van der Waals surface area (Å²) in [4.78, 5) is 79.3. The van der Waals surface area contributed by atoms with Gasteiger partial charge in [-0.25, -0.2) is 0 Å². The summed E-state index contributed by atoms with van der Waals surface area (Å²) in [6.07, 6.45) is 8.15. The minimum absolute atomic E-state index is 0.0173. The van der Waals surface area contributed by atoms with Crippen molar-refractivity contribution in [2.24, 2.45) is 71.0 Å². The number of piperazine rings is 2. The van der Waals surface area contributed by atoms with E-state index in [1.54, 1.807) is 97.9 Å². The van der Waals surface area contributed by atoms with Crippen molar-refractivity contribution in [3.63, 3.8) is 0 Å².